The summed E-state index contributed by atoms with van der Waals surface area (Å²) in [4.78, 5) is 0. The number of nitrogen functional groups attached to an aromatic ring is 1. The van der Waals surface area contributed by atoms with Gasteiger partial charge in [0.1, 0.15) is 0 Å². The maximum absolute atomic E-state index is 9.21. The quantitative estimate of drug-likeness (QED) is 0.723. The van der Waals surface area contributed by atoms with Crippen LogP contribution >= 0.6 is 0 Å². The van der Waals surface area contributed by atoms with Gasteiger partial charge in [0.25, 0.3) is 0 Å². The van der Waals surface area contributed by atoms with E-state index in [1.807, 2.05) is 13.0 Å². The molecule has 0 aliphatic rings. The highest BCUT2D eigenvalue weighted by Gasteiger charge is 2.05. The van der Waals surface area contributed by atoms with Gasteiger partial charge in [0.2, 0.25) is 0 Å². The lowest BCUT2D eigenvalue weighted by Gasteiger charge is -2.11. The highest BCUT2D eigenvalue weighted by Crippen LogP contribution is 2.21. The molecule has 1 atom stereocenters. The molecule has 2 heteroatoms. The van der Waals surface area contributed by atoms with Crippen molar-refractivity contribution in [3.8, 4) is 0 Å². The first-order valence-electron chi connectivity index (χ1n) is 5.04. The number of hydrogen-bond donors (Lipinski definition) is 2. The lowest BCUT2D eigenvalue weighted by molar-refractivity contribution is 0.185. The van der Waals surface area contributed by atoms with Crippen molar-refractivity contribution in [1.82, 2.24) is 0 Å². The van der Waals surface area contributed by atoms with Crippen molar-refractivity contribution < 1.29 is 5.11 Å². The number of anilines is 1. The first-order chi connectivity index (χ1) is 6.50. The molecular formula is C12H19NO. The zero-order chi connectivity index (χ0) is 10.7. The molecule has 0 bridgehead atoms. The van der Waals surface area contributed by atoms with Gasteiger partial charge in [0.05, 0.1) is 6.10 Å². The average Bonchev–Trinajstić information content (AvgIpc) is 2.01. The maximum Gasteiger partial charge on any atom is 0.0515 e. The van der Waals surface area contributed by atoms with Crippen LogP contribution in [0.3, 0.4) is 0 Å². The van der Waals surface area contributed by atoms with Gasteiger partial charge in [-0.15, -0.1) is 0 Å². The topological polar surface area (TPSA) is 46.2 Å². The van der Waals surface area contributed by atoms with Crippen LogP contribution in [0, 0.1) is 13.8 Å². The molecule has 0 fully saturated rings. The van der Waals surface area contributed by atoms with E-state index in [9.17, 15) is 5.11 Å². The van der Waals surface area contributed by atoms with E-state index in [0.29, 0.717) is 0 Å². The fraction of sp³-hybridized carbons (Fsp3) is 0.500. The molecule has 0 aliphatic carbocycles. The third-order valence-corrected chi connectivity index (χ3v) is 2.46. The summed E-state index contributed by atoms with van der Waals surface area (Å²) in [5.41, 5.74) is 10.4. The molecule has 0 saturated carbocycles. The Morgan fingerprint density at radius 2 is 2.00 bits per heavy atom. The van der Waals surface area contributed by atoms with Crippen molar-refractivity contribution in [1.29, 1.82) is 0 Å². The van der Waals surface area contributed by atoms with Crippen molar-refractivity contribution >= 4 is 5.69 Å². The van der Waals surface area contributed by atoms with Crippen LogP contribution in [-0.4, -0.2) is 11.2 Å². The molecule has 0 radical (unpaired) electrons. The molecule has 3 N–H and O–H groups in total. The lowest BCUT2D eigenvalue weighted by atomic mass is 9.98. The van der Waals surface area contributed by atoms with E-state index >= 15 is 0 Å². The fourth-order valence-corrected chi connectivity index (χ4v) is 1.73. The van der Waals surface area contributed by atoms with Gasteiger partial charge < -0.3 is 10.8 Å². The van der Waals surface area contributed by atoms with Crippen LogP contribution in [0.15, 0.2) is 12.1 Å². The van der Waals surface area contributed by atoms with Gasteiger partial charge in [-0.3, -0.25) is 0 Å². The first-order valence-corrected chi connectivity index (χ1v) is 5.04. The summed E-state index contributed by atoms with van der Waals surface area (Å²) < 4.78 is 0. The molecule has 1 aromatic rings. The third-order valence-electron chi connectivity index (χ3n) is 2.46. The van der Waals surface area contributed by atoms with Gasteiger partial charge in [-0.05, 0) is 56.4 Å². The number of aryl methyl sites for hydroxylation is 2. The standard InChI is InChI=1S/C12H19NO/c1-8-6-9(2)11(12(13)7-8)5-4-10(3)14/h6-7,10,14H,4-5,13H2,1-3H3/t10-/m1/s1. The number of rotatable bonds is 3. The second kappa shape index (κ2) is 4.47. The van der Waals surface area contributed by atoms with E-state index in [0.717, 1.165) is 18.5 Å². The predicted octanol–water partition coefficient (Wildman–Crippen LogP) is 2.20. The molecule has 2 nitrogen and oxygen atoms in total. The molecule has 0 unspecified atom stereocenters. The Hall–Kier alpha value is -1.02. The lowest BCUT2D eigenvalue weighted by Crippen LogP contribution is -2.05. The van der Waals surface area contributed by atoms with Crippen molar-refractivity contribution in [2.75, 3.05) is 5.73 Å². The zero-order valence-corrected chi connectivity index (χ0v) is 9.17. The Bertz CT molecular complexity index is 295. The summed E-state index contributed by atoms with van der Waals surface area (Å²) in [6.45, 7) is 5.92. The SMILES string of the molecule is Cc1cc(C)c(CC[C@@H](C)O)c(N)c1. The van der Waals surface area contributed by atoms with Crippen LogP contribution in [0.1, 0.15) is 30.0 Å². The van der Waals surface area contributed by atoms with Crippen molar-refractivity contribution in [2.24, 2.45) is 0 Å². The van der Waals surface area contributed by atoms with Crippen molar-refractivity contribution in [2.45, 2.75) is 39.7 Å². The molecule has 0 amide bonds. The summed E-state index contributed by atoms with van der Waals surface area (Å²) in [7, 11) is 0. The Morgan fingerprint density at radius 1 is 1.36 bits per heavy atom. The second-order valence-corrected chi connectivity index (χ2v) is 4.04. The molecule has 0 saturated heterocycles. The van der Waals surface area contributed by atoms with Crippen LogP contribution in [0.5, 0.6) is 0 Å². The van der Waals surface area contributed by atoms with E-state index in [1.165, 1.54) is 16.7 Å². The summed E-state index contributed by atoms with van der Waals surface area (Å²) in [5.74, 6) is 0. The number of aliphatic hydroxyl groups is 1. The van der Waals surface area contributed by atoms with Crippen LogP contribution in [0.4, 0.5) is 5.69 Å². The van der Waals surface area contributed by atoms with Gasteiger partial charge in [-0.2, -0.15) is 0 Å². The number of benzene rings is 1. The molecular weight excluding hydrogens is 174 g/mol. The monoisotopic (exact) mass is 193 g/mol. The van der Waals surface area contributed by atoms with Crippen LogP contribution in [0.25, 0.3) is 0 Å². The molecule has 14 heavy (non-hydrogen) atoms. The summed E-state index contributed by atoms with van der Waals surface area (Å²) in [6, 6.07) is 4.12. The Morgan fingerprint density at radius 3 is 2.50 bits per heavy atom. The summed E-state index contributed by atoms with van der Waals surface area (Å²) >= 11 is 0. The smallest absolute Gasteiger partial charge is 0.0515 e. The van der Waals surface area contributed by atoms with E-state index < -0.39 is 0 Å². The Balaban J connectivity index is 2.86. The van der Waals surface area contributed by atoms with E-state index in [4.69, 9.17) is 5.73 Å². The van der Waals surface area contributed by atoms with Gasteiger partial charge in [-0.25, -0.2) is 0 Å². The van der Waals surface area contributed by atoms with Crippen molar-refractivity contribution in [3.05, 3.63) is 28.8 Å². The zero-order valence-electron chi connectivity index (χ0n) is 9.17. The minimum Gasteiger partial charge on any atom is -0.398 e. The number of aliphatic hydroxyl groups excluding tert-OH is 1. The summed E-state index contributed by atoms with van der Waals surface area (Å²) in [5, 5.41) is 9.21. The van der Waals surface area contributed by atoms with Gasteiger partial charge in [-0.1, -0.05) is 6.07 Å². The van der Waals surface area contributed by atoms with Crippen LogP contribution in [0.2, 0.25) is 0 Å². The van der Waals surface area contributed by atoms with E-state index in [-0.39, 0.29) is 6.10 Å². The largest absolute Gasteiger partial charge is 0.398 e. The Kier molecular flexibility index (Phi) is 3.53. The third kappa shape index (κ3) is 2.74. The maximum atomic E-state index is 9.21. The highest BCUT2D eigenvalue weighted by molar-refractivity contribution is 5.53. The Labute approximate surface area is 85.8 Å². The van der Waals surface area contributed by atoms with Gasteiger partial charge in [0.15, 0.2) is 0 Å². The molecule has 0 aromatic heterocycles. The molecule has 0 spiro atoms. The average molecular weight is 193 g/mol. The number of nitrogens with two attached hydrogens (primary N) is 1. The van der Waals surface area contributed by atoms with Gasteiger partial charge >= 0.3 is 0 Å². The number of hydrogen-bond acceptors (Lipinski definition) is 2. The highest BCUT2D eigenvalue weighted by atomic mass is 16.3. The molecule has 1 rings (SSSR count). The normalized spacial score (nSPS) is 12.9. The van der Waals surface area contributed by atoms with Crippen molar-refractivity contribution in [3.63, 3.8) is 0 Å². The molecule has 78 valence electrons. The fourth-order valence-electron chi connectivity index (χ4n) is 1.73. The van der Waals surface area contributed by atoms with E-state index in [2.05, 4.69) is 13.0 Å². The summed E-state index contributed by atoms with van der Waals surface area (Å²) in [6.07, 6.45) is 1.37. The second-order valence-electron chi connectivity index (χ2n) is 4.04. The molecule has 0 heterocycles. The van der Waals surface area contributed by atoms with Crippen LogP contribution < -0.4 is 5.73 Å². The van der Waals surface area contributed by atoms with Gasteiger partial charge in [0, 0.05) is 5.69 Å². The van der Waals surface area contributed by atoms with E-state index in [1.54, 1.807) is 6.92 Å². The first kappa shape index (κ1) is 11.1. The molecule has 0 aliphatic heterocycles. The van der Waals surface area contributed by atoms with Crippen LogP contribution in [-0.2, 0) is 6.42 Å². The predicted molar refractivity (Wildman–Crippen MR) is 60.3 cm³/mol. The minimum atomic E-state index is -0.255. The minimum absolute atomic E-state index is 0.255. The molecule has 1 aromatic carbocycles.